The van der Waals surface area contributed by atoms with E-state index in [9.17, 15) is 9.18 Å². The van der Waals surface area contributed by atoms with Gasteiger partial charge in [0.05, 0.1) is 72.6 Å². The molecule has 3 N–H and O–H groups in total. The molecule has 34 heavy (non-hydrogen) atoms. The van der Waals surface area contributed by atoms with E-state index in [1.54, 1.807) is 13.8 Å². The van der Waals surface area contributed by atoms with Gasteiger partial charge in [0.25, 0.3) is 0 Å². The second-order valence-corrected chi connectivity index (χ2v) is 8.49. The van der Waals surface area contributed by atoms with Crippen molar-refractivity contribution in [2.75, 3.05) is 118 Å². The Kier molecular flexibility index (Phi) is 19.6. The summed E-state index contributed by atoms with van der Waals surface area (Å²) in [5.74, 6) is -0.275. The van der Waals surface area contributed by atoms with Gasteiger partial charge in [-0.2, -0.15) is 0 Å². The zero-order valence-corrected chi connectivity index (χ0v) is 21.2. The summed E-state index contributed by atoms with van der Waals surface area (Å²) in [6.07, 6.45) is -1.18. The van der Waals surface area contributed by atoms with Gasteiger partial charge in [0.15, 0.2) is 0 Å². The maximum absolute atomic E-state index is 13.8. The Hall–Kier alpha value is -0.920. The van der Waals surface area contributed by atoms with Crippen molar-refractivity contribution in [2.24, 2.45) is 11.7 Å². The highest BCUT2D eigenvalue weighted by molar-refractivity contribution is 5.77. The Morgan fingerprint density at radius 1 is 0.794 bits per heavy atom. The molecule has 0 aromatic heterocycles. The first-order valence-electron chi connectivity index (χ1n) is 12.5. The van der Waals surface area contributed by atoms with E-state index >= 15 is 0 Å². The molecule has 11 heteroatoms. The average Bonchev–Trinajstić information content (AvgIpc) is 2.84. The summed E-state index contributed by atoms with van der Waals surface area (Å²) in [6, 6.07) is 0. The third-order valence-corrected chi connectivity index (χ3v) is 5.27. The lowest BCUT2D eigenvalue weighted by Gasteiger charge is -2.34. The van der Waals surface area contributed by atoms with Gasteiger partial charge >= 0.3 is 0 Å². The van der Waals surface area contributed by atoms with Crippen molar-refractivity contribution in [1.82, 2.24) is 15.1 Å². The van der Waals surface area contributed by atoms with Crippen molar-refractivity contribution in [2.45, 2.75) is 20.0 Å². The Labute approximate surface area is 204 Å². The van der Waals surface area contributed by atoms with Crippen LogP contribution in [0.3, 0.4) is 0 Å². The largest absolute Gasteiger partial charge is 0.378 e. The van der Waals surface area contributed by atoms with Crippen LogP contribution in [0.4, 0.5) is 4.39 Å². The van der Waals surface area contributed by atoms with Crippen molar-refractivity contribution in [1.29, 1.82) is 0 Å². The number of alkyl halides is 1. The summed E-state index contributed by atoms with van der Waals surface area (Å²) >= 11 is 0. The van der Waals surface area contributed by atoms with Gasteiger partial charge in [-0.05, 0) is 0 Å². The number of hydrogen-bond donors (Lipinski definition) is 2. The molecule has 202 valence electrons. The van der Waals surface area contributed by atoms with E-state index in [4.69, 9.17) is 29.4 Å². The molecule has 1 amide bonds. The fourth-order valence-electron chi connectivity index (χ4n) is 3.15. The predicted octanol–water partition coefficient (Wildman–Crippen LogP) is -0.244. The van der Waals surface area contributed by atoms with Gasteiger partial charge in [0, 0.05) is 51.7 Å². The molecule has 0 bridgehead atoms. The number of hydrogen-bond acceptors (Lipinski definition) is 9. The standard InChI is InChI=1S/C23H47FN4O6/c1-21(2)23(29)26-19-22(24)20-34-12-9-28-6-4-27(5-7-28)8-11-31-14-16-33-18-17-32-15-13-30-10-3-25/h21-22H,3-20,25H2,1-2H3,(H,26,29). The van der Waals surface area contributed by atoms with E-state index in [0.717, 1.165) is 39.3 Å². The van der Waals surface area contributed by atoms with E-state index < -0.39 is 6.17 Å². The fraction of sp³-hybridized carbons (Fsp3) is 0.957. The van der Waals surface area contributed by atoms with Crippen LogP contribution < -0.4 is 11.1 Å². The van der Waals surface area contributed by atoms with Gasteiger partial charge in [-0.1, -0.05) is 13.8 Å². The summed E-state index contributed by atoms with van der Waals surface area (Å²) in [7, 11) is 0. The highest BCUT2D eigenvalue weighted by Gasteiger charge is 2.17. The molecule has 1 fully saturated rings. The van der Waals surface area contributed by atoms with Gasteiger partial charge in [-0.3, -0.25) is 14.6 Å². The highest BCUT2D eigenvalue weighted by atomic mass is 19.1. The number of amides is 1. The fourth-order valence-corrected chi connectivity index (χ4v) is 3.15. The molecule has 1 saturated heterocycles. The van der Waals surface area contributed by atoms with E-state index in [1.165, 1.54) is 0 Å². The number of ether oxygens (including phenoxy) is 5. The smallest absolute Gasteiger partial charge is 0.222 e. The number of halogens is 1. The van der Waals surface area contributed by atoms with E-state index in [2.05, 4.69) is 15.1 Å². The molecule has 1 atom stereocenters. The first-order chi connectivity index (χ1) is 16.5. The quantitative estimate of drug-likeness (QED) is 0.197. The Bertz CT molecular complexity index is 484. The maximum Gasteiger partial charge on any atom is 0.222 e. The summed E-state index contributed by atoms with van der Waals surface area (Å²) < 4.78 is 40.9. The van der Waals surface area contributed by atoms with Gasteiger partial charge in [0.2, 0.25) is 5.91 Å². The first-order valence-corrected chi connectivity index (χ1v) is 12.5. The van der Waals surface area contributed by atoms with Crippen LogP contribution in [-0.4, -0.2) is 140 Å². The van der Waals surface area contributed by atoms with Crippen molar-refractivity contribution >= 4 is 5.91 Å². The van der Waals surface area contributed by atoms with E-state index in [-0.39, 0.29) is 25.0 Å². The molecule has 1 aliphatic rings. The van der Waals surface area contributed by atoms with Gasteiger partial charge < -0.3 is 34.7 Å². The van der Waals surface area contributed by atoms with E-state index in [0.29, 0.717) is 66.0 Å². The Morgan fingerprint density at radius 3 is 1.71 bits per heavy atom. The van der Waals surface area contributed by atoms with Crippen LogP contribution in [0.1, 0.15) is 13.8 Å². The topological polar surface area (TPSA) is 108 Å². The average molecular weight is 495 g/mol. The highest BCUT2D eigenvalue weighted by Crippen LogP contribution is 2.02. The summed E-state index contributed by atoms with van der Waals surface area (Å²) in [6.45, 7) is 14.8. The van der Waals surface area contributed by atoms with Crippen molar-refractivity contribution in [3.63, 3.8) is 0 Å². The van der Waals surface area contributed by atoms with Crippen LogP contribution in [0.5, 0.6) is 0 Å². The van der Waals surface area contributed by atoms with Gasteiger partial charge in [-0.25, -0.2) is 4.39 Å². The molecule has 0 radical (unpaired) electrons. The number of piperazine rings is 1. The Balaban J connectivity index is 1.86. The van der Waals surface area contributed by atoms with Crippen LogP contribution in [0, 0.1) is 5.92 Å². The van der Waals surface area contributed by atoms with Crippen LogP contribution in [0.2, 0.25) is 0 Å². The molecule has 10 nitrogen and oxygen atoms in total. The number of nitrogens with zero attached hydrogens (tertiary/aromatic N) is 2. The number of nitrogens with one attached hydrogen (secondary N) is 1. The molecule has 0 spiro atoms. The number of carbonyl (C=O) groups is 1. The third-order valence-electron chi connectivity index (χ3n) is 5.27. The van der Waals surface area contributed by atoms with Crippen LogP contribution in [0.25, 0.3) is 0 Å². The molecule has 1 rings (SSSR count). The van der Waals surface area contributed by atoms with Crippen molar-refractivity contribution in [3.8, 4) is 0 Å². The summed E-state index contributed by atoms with van der Waals surface area (Å²) in [5, 5.41) is 2.58. The molecule has 0 aromatic carbocycles. The minimum atomic E-state index is -1.18. The number of rotatable bonds is 22. The minimum absolute atomic E-state index is 0.00407. The van der Waals surface area contributed by atoms with Crippen LogP contribution in [0.15, 0.2) is 0 Å². The summed E-state index contributed by atoms with van der Waals surface area (Å²) in [5.41, 5.74) is 5.33. The Morgan fingerprint density at radius 2 is 1.24 bits per heavy atom. The molecule has 1 unspecified atom stereocenters. The molecule has 0 aliphatic carbocycles. The molecule has 1 heterocycles. The molecular weight excluding hydrogens is 447 g/mol. The van der Waals surface area contributed by atoms with Crippen molar-refractivity contribution < 1.29 is 32.9 Å². The molecule has 0 saturated carbocycles. The molecule has 0 aromatic rings. The van der Waals surface area contributed by atoms with Gasteiger partial charge in [-0.15, -0.1) is 0 Å². The minimum Gasteiger partial charge on any atom is -0.378 e. The SMILES string of the molecule is CC(C)C(=O)NCC(F)COCCN1CCN(CCOCCOCCOCCOCCN)CC1. The lowest BCUT2D eigenvalue weighted by molar-refractivity contribution is -0.124. The molecular formula is C23H47FN4O6. The van der Waals surface area contributed by atoms with E-state index in [1.807, 2.05) is 0 Å². The normalized spacial score (nSPS) is 16.3. The second kappa shape index (κ2) is 21.4. The number of nitrogens with two attached hydrogens (primary N) is 1. The van der Waals surface area contributed by atoms with Gasteiger partial charge in [0.1, 0.15) is 6.17 Å². The van der Waals surface area contributed by atoms with Crippen LogP contribution >= 0.6 is 0 Å². The first kappa shape index (κ1) is 31.1. The zero-order chi connectivity index (χ0) is 24.9. The third kappa shape index (κ3) is 17.5. The maximum atomic E-state index is 13.8. The lowest BCUT2D eigenvalue weighted by Crippen LogP contribution is -2.48. The lowest BCUT2D eigenvalue weighted by atomic mass is 10.2. The zero-order valence-electron chi connectivity index (χ0n) is 21.2. The number of carbonyl (C=O) groups excluding carboxylic acids is 1. The monoisotopic (exact) mass is 494 g/mol. The summed E-state index contributed by atoms with van der Waals surface area (Å²) in [4.78, 5) is 16.2. The van der Waals surface area contributed by atoms with Crippen molar-refractivity contribution in [3.05, 3.63) is 0 Å². The predicted molar refractivity (Wildman–Crippen MR) is 129 cm³/mol. The molecule has 1 aliphatic heterocycles. The second-order valence-electron chi connectivity index (χ2n) is 8.49. The van der Waals surface area contributed by atoms with Crippen LogP contribution in [-0.2, 0) is 28.5 Å².